The van der Waals surface area contributed by atoms with Gasteiger partial charge in [-0.05, 0) is 31.5 Å². The second-order valence-corrected chi connectivity index (χ2v) is 5.07. The van der Waals surface area contributed by atoms with Gasteiger partial charge in [-0.3, -0.25) is 4.90 Å². The first-order chi connectivity index (χ1) is 7.99. The number of aromatic hydroxyl groups is 1. The lowest BCUT2D eigenvalue weighted by Gasteiger charge is -2.42. The predicted molar refractivity (Wildman–Crippen MR) is 63.4 cm³/mol. The van der Waals surface area contributed by atoms with Crippen molar-refractivity contribution in [2.75, 3.05) is 19.8 Å². The Hall–Kier alpha value is -1.13. The van der Waals surface area contributed by atoms with Crippen molar-refractivity contribution >= 4 is 0 Å². The number of ether oxygens (including phenoxy) is 1. The fraction of sp³-hybridized carbons (Fsp3) is 0.538. The average molecular weight is 239 g/mol. The minimum Gasteiger partial charge on any atom is -0.505 e. The lowest BCUT2D eigenvalue weighted by Crippen LogP contribution is -2.52. The molecule has 0 aromatic heterocycles. The molecule has 1 N–H and O–H groups in total. The molecule has 94 valence electrons. The molecule has 0 bridgehead atoms. The van der Waals surface area contributed by atoms with Crippen molar-refractivity contribution in [2.24, 2.45) is 0 Å². The second-order valence-electron chi connectivity index (χ2n) is 5.07. The van der Waals surface area contributed by atoms with Gasteiger partial charge in [0.15, 0.2) is 11.6 Å². The number of morpholine rings is 1. The van der Waals surface area contributed by atoms with Crippen molar-refractivity contribution in [3.63, 3.8) is 0 Å². The van der Waals surface area contributed by atoms with Crippen molar-refractivity contribution in [3.8, 4) is 5.75 Å². The highest BCUT2D eigenvalue weighted by atomic mass is 19.1. The summed E-state index contributed by atoms with van der Waals surface area (Å²) in [5.74, 6) is -0.858. The van der Waals surface area contributed by atoms with E-state index in [4.69, 9.17) is 9.84 Å². The smallest absolute Gasteiger partial charge is 0.165 e. The zero-order valence-corrected chi connectivity index (χ0v) is 10.2. The van der Waals surface area contributed by atoms with Crippen LogP contribution in [-0.4, -0.2) is 35.3 Å². The third-order valence-electron chi connectivity index (χ3n) is 3.20. The van der Waals surface area contributed by atoms with Crippen molar-refractivity contribution in [2.45, 2.75) is 25.9 Å². The Labute approximate surface area is 101 Å². The predicted octanol–water partition coefficient (Wildman–Crippen LogP) is 2.14. The first-order valence-electron chi connectivity index (χ1n) is 5.79. The zero-order valence-electron chi connectivity index (χ0n) is 10.2. The molecule has 1 aromatic rings. The Morgan fingerprint density at radius 3 is 2.88 bits per heavy atom. The quantitative estimate of drug-likeness (QED) is 0.858. The van der Waals surface area contributed by atoms with Crippen molar-refractivity contribution in [3.05, 3.63) is 29.6 Å². The largest absolute Gasteiger partial charge is 0.505 e. The van der Waals surface area contributed by atoms with E-state index in [1.807, 2.05) is 0 Å². The first kappa shape index (κ1) is 12.3. The molecule has 0 radical (unpaired) electrons. The van der Waals surface area contributed by atoms with E-state index in [1.54, 1.807) is 6.07 Å². The molecule has 2 rings (SSSR count). The van der Waals surface area contributed by atoms with E-state index < -0.39 is 5.82 Å². The highest BCUT2D eigenvalue weighted by Crippen LogP contribution is 2.23. The highest BCUT2D eigenvalue weighted by molar-refractivity contribution is 5.28. The number of phenols is 1. The molecule has 1 fully saturated rings. The molecule has 0 amide bonds. The molecule has 0 unspecified atom stereocenters. The Morgan fingerprint density at radius 1 is 1.47 bits per heavy atom. The Morgan fingerprint density at radius 2 is 2.24 bits per heavy atom. The summed E-state index contributed by atoms with van der Waals surface area (Å²) in [7, 11) is 0. The third kappa shape index (κ3) is 2.76. The summed E-state index contributed by atoms with van der Waals surface area (Å²) in [6, 6.07) is 4.54. The van der Waals surface area contributed by atoms with Gasteiger partial charge in [0.05, 0.1) is 13.2 Å². The second kappa shape index (κ2) is 4.63. The Bertz CT molecular complexity index is 406. The normalized spacial score (nSPS) is 20.4. The summed E-state index contributed by atoms with van der Waals surface area (Å²) in [5, 5.41) is 9.14. The first-order valence-corrected chi connectivity index (χ1v) is 5.79. The van der Waals surface area contributed by atoms with E-state index in [9.17, 15) is 4.39 Å². The number of benzene rings is 1. The van der Waals surface area contributed by atoms with Crippen LogP contribution in [0.25, 0.3) is 0 Å². The molecular weight excluding hydrogens is 221 g/mol. The van der Waals surface area contributed by atoms with Gasteiger partial charge in [0.1, 0.15) is 0 Å². The number of phenolic OH excluding ortho intramolecular Hbond substituents is 1. The van der Waals surface area contributed by atoms with Crippen molar-refractivity contribution in [1.82, 2.24) is 4.90 Å². The number of halogens is 1. The zero-order chi connectivity index (χ0) is 12.5. The maximum atomic E-state index is 13.2. The van der Waals surface area contributed by atoms with Crippen LogP contribution in [0.3, 0.4) is 0 Å². The summed E-state index contributed by atoms with van der Waals surface area (Å²) < 4.78 is 18.7. The maximum Gasteiger partial charge on any atom is 0.165 e. The van der Waals surface area contributed by atoms with E-state index in [2.05, 4.69) is 18.7 Å². The Kier molecular flexibility index (Phi) is 3.35. The lowest BCUT2D eigenvalue weighted by atomic mass is 10.0. The molecule has 0 aliphatic carbocycles. The van der Waals surface area contributed by atoms with Gasteiger partial charge in [-0.1, -0.05) is 6.07 Å². The van der Waals surface area contributed by atoms with Crippen LogP contribution >= 0.6 is 0 Å². The molecule has 1 aliphatic rings. The summed E-state index contributed by atoms with van der Waals surface area (Å²) in [6.45, 7) is 7.15. The van der Waals surface area contributed by atoms with Gasteiger partial charge in [0.2, 0.25) is 0 Å². The SMILES string of the molecule is CC1(C)COCCN1Cc1ccc(O)c(F)c1. The van der Waals surface area contributed by atoms with Gasteiger partial charge in [-0.2, -0.15) is 0 Å². The molecular formula is C13H18FNO2. The fourth-order valence-corrected chi connectivity index (χ4v) is 2.05. The molecule has 17 heavy (non-hydrogen) atoms. The third-order valence-corrected chi connectivity index (χ3v) is 3.20. The minimum absolute atomic E-state index is 0.0351. The summed E-state index contributed by atoms with van der Waals surface area (Å²) in [4.78, 5) is 2.27. The highest BCUT2D eigenvalue weighted by Gasteiger charge is 2.30. The number of nitrogens with zero attached hydrogens (tertiary/aromatic N) is 1. The number of hydrogen-bond donors (Lipinski definition) is 1. The van der Waals surface area contributed by atoms with Gasteiger partial charge < -0.3 is 9.84 Å². The van der Waals surface area contributed by atoms with Gasteiger partial charge >= 0.3 is 0 Å². The van der Waals surface area contributed by atoms with Crippen LogP contribution in [0.4, 0.5) is 4.39 Å². The van der Waals surface area contributed by atoms with Crippen LogP contribution < -0.4 is 0 Å². The van der Waals surface area contributed by atoms with Crippen molar-refractivity contribution in [1.29, 1.82) is 0 Å². The van der Waals surface area contributed by atoms with Crippen LogP contribution in [0.2, 0.25) is 0 Å². The van der Waals surface area contributed by atoms with E-state index >= 15 is 0 Å². The standard InChI is InChI=1S/C13H18FNO2/c1-13(2)9-17-6-5-15(13)8-10-3-4-12(16)11(14)7-10/h3-4,7,16H,5-6,8-9H2,1-2H3. The van der Waals surface area contributed by atoms with Crippen LogP contribution in [0.5, 0.6) is 5.75 Å². The topological polar surface area (TPSA) is 32.7 Å². The van der Waals surface area contributed by atoms with Gasteiger partial charge in [-0.15, -0.1) is 0 Å². The fourth-order valence-electron chi connectivity index (χ4n) is 2.05. The van der Waals surface area contributed by atoms with Gasteiger partial charge in [0.25, 0.3) is 0 Å². The van der Waals surface area contributed by atoms with Gasteiger partial charge in [0, 0.05) is 18.6 Å². The van der Waals surface area contributed by atoms with Crippen LogP contribution in [0.1, 0.15) is 19.4 Å². The maximum absolute atomic E-state index is 13.2. The molecule has 3 nitrogen and oxygen atoms in total. The van der Waals surface area contributed by atoms with Crippen LogP contribution in [-0.2, 0) is 11.3 Å². The van der Waals surface area contributed by atoms with E-state index in [-0.39, 0.29) is 11.3 Å². The van der Waals surface area contributed by atoms with Crippen LogP contribution in [0.15, 0.2) is 18.2 Å². The van der Waals surface area contributed by atoms with E-state index in [0.29, 0.717) is 19.8 Å². The molecule has 0 spiro atoms. The molecule has 1 aromatic carbocycles. The van der Waals surface area contributed by atoms with E-state index in [1.165, 1.54) is 12.1 Å². The summed E-state index contributed by atoms with van der Waals surface area (Å²) in [5.41, 5.74) is 0.836. The molecule has 0 atom stereocenters. The lowest BCUT2D eigenvalue weighted by molar-refractivity contribution is -0.0553. The molecule has 1 aliphatic heterocycles. The number of rotatable bonds is 2. The average Bonchev–Trinajstić information content (AvgIpc) is 2.26. The molecule has 4 heteroatoms. The Balaban J connectivity index is 2.11. The monoisotopic (exact) mass is 239 g/mol. The van der Waals surface area contributed by atoms with Gasteiger partial charge in [-0.25, -0.2) is 4.39 Å². The minimum atomic E-state index is -0.562. The summed E-state index contributed by atoms with van der Waals surface area (Å²) in [6.07, 6.45) is 0. The van der Waals surface area contributed by atoms with Crippen molar-refractivity contribution < 1.29 is 14.2 Å². The molecule has 1 saturated heterocycles. The van der Waals surface area contributed by atoms with E-state index in [0.717, 1.165) is 12.1 Å². The molecule has 1 heterocycles. The van der Waals surface area contributed by atoms with Crippen LogP contribution in [0, 0.1) is 5.82 Å². The molecule has 0 saturated carbocycles. The summed E-state index contributed by atoms with van der Waals surface area (Å²) >= 11 is 0. The number of hydrogen-bond acceptors (Lipinski definition) is 3.